The van der Waals surface area contributed by atoms with Crippen LogP contribution in [0, 0.1) is 0 Å². The summed E-state index contributed by atoms with van der Waals surface area (Å²) < 4.78 is 0. The van der Waals surface area contributed by atoms with Crippen LogP contribution in [-0.4, -0.2) is 24.0 Å². The molecule has 0 unspecified atom stereocenters. The van der Waals surface area contributed by atoms with E-state index >= 15 is 0 Å². The Hall–Kier alpha value is -0.510. The van der Waals surface area contributed by atoms with E-state index < -0.39 is 6.04 Å². The van der Waals surface area contributed by atoms with Crippen molar-refractivity contribution in [3.8, 4) is 0 Å². The molecule has 3 nitrogen and oxygen atoms in total. The van der Waals surface area contributed by atoms with Gasteiger partial charge in [-0.2, -0.15) is 12.6 Å². The van der Waals surface area contributed by atoms with Crippen LogP contribution in [0.5, 0.6) is 0 Å². The average molecular weight is 147 g/mol. The van der Waals surface area contributed by atoms with Gasteiger partial charge in [0.15, 0.2) is 0 Å². The molecule has 1 amide bonds. The van der Waals surface area contributed by atoms with Crippen molar-refractivity contribution in [2.24, 2.45) is 0 Å². The van der Waals surface area contributed by atoms with Gasteiger partial charge in [0.1, 0.15) is 6.29 Å². The van der Waals surface area contributed by atoms with Crippen molar-refractivity contribution < 1.29 is 9.59 Å². The van der Waals surface area contributed by atoms with Crippen LogP contribution < -0.4 is 5.32 Å². The lowest BCUT2D eigenvalue weighted by molar-refractivity contribution is -0.121. The van der Waals surface area contributed by atoms with E-state index in [0.29, 0.717) is 12.0 Å². The van der Waals surface area contributed by atoms with Crippen molar-refractivity contribution in [3.63, 3.8) is 0 Å². The Morgan fingerprint density at radius 1 is 1.89 bits per heavy atom. The Balaban J connectivity index is 3.55. The minimum absolute atomic E-state index is 0.207. The summed E-state index contributed by atoms with van der Waals surface area (Å²) in [6.45, 7) is 1.36. The zero-order valence-corrected chi connectivity index (χ0v) is 6.02. The van der Waals surface area contributed by atoms with Crippen LogP contribution >= 0.6 is 12.6 Å². The second-order valence-corrected chi connectivity index (χ2v) is 1.99. The van der Waals surface area contributed by atoms with Crippen LogP contribution in [0.25, 0.3) is 0 Å². The Morgan fingerprint density at radius 2 is 2.44 bits per heavy atom. The van der Waals surface area contributed by atoms with Crippen LogP contribution in [0.1, 0.15) is 6.92 Å². The van der Waals surface area contributed by atoms with E-state index in [1.165, 1.54) is 6.92 Å². The fourth-order valence-electron chi connectivity index (χ4n) is 0.384. The normalized spacial score (nSPS) is 12.2. The van der Waals surface area contributed by atoms with Crippen molar-refractivity contribution >= 4 is 24.8 Å². The zero-order chi connectivity index (χ0) is 7.28. The van der Waals surface area contributed by atoms with E-state index in [9.17, 15) is 9.59 Å². The molecule has 9 heavy (non-hydrogen) atoms. The highest BCUT2D eigenvalue weighted by Crippen LogP contribution is 1.81. The van der Waals surface area contributed by atoms with Crippen LogP contribution in [0.15, 0.2) is 0 Å². The Bertz CT molecular complexity index is 116. The van der Waals surface area contributed by atoms with Crippen LogP contribution in [-0.2, 0) is 9.59 Å². The van der Waals surface area contributed by atoms with Crippen molar-refractivity contribution in [2.45, 2.75) is 13.0 Å². The van der Waals surface area contributed by atoms with Gasteiger partial charge < -0.3 is 10.1 Å². The molecule has 0 aliphatic carbocycles. The Labute approximate surface area is 59.2 Å². The quantitative estimate of drug-likeness (QED) is 0.422. The maximum absolute atomic E-state index is 10.3. The summed E-state index contributed by atoms with van der Waals surface area (Å²) in [6.07, 6.45) is 0.661. The van der Waals surface area contributed by atoms with Gasteiger partial charge in [-0.1, -0.05) is 0 Å². The predicted octanol–water partition coefficient (Wildman–Crippen LogP) is -0.380. The number of nitrogens with one attached hydrogen (secondary N) is 1. The number of carbonyl (C=O) groups is 2. The van der Waals surface area contributed by atoms with Gasteiger partial charge in [0.05, 0.1) is 6.04 Å². The first-order chi connectivity index (χ1) is 4.20. The van der Waals surface area contributed by atoms with Crippen LogP contribution in [0.3, 0.4) is 0 Å². The molecule has 0 aromatic heterocycles. The molecule has 0 aliphatic heterocycles. The topological polar surface area (TPSA) is 46.2 Å². The Kier molecular flexibility index (Phi) is 4.13. The minimum atomic E-state index is -0.439. The molecule has 0 rings (SSSR count). The lowest BCUT2D eigenvalue weighted by Gasteiger charge is -2.05. The number of carbonyl (C=O) groups excluding carboxylic acids is 2. The van der Waals surface area contributed by atoms with Crippen molar-refractivity contribution in [2.75, 3.05) is 5.75 Å². The van der Waals surface area contributed by atoms with Crippen molar-refractivity contribution in [1.29, 1.82) is 0 Å². The maximum Gasteiger partial charge on any atom is 0.217 e. The molecule has 0 saturated heterocycles. The molecule has 52 valence electrons. The SMILES string of the molecule is CC(=O)N[C@@H](C=O)CS. The highest BCUT2D eigenvalue weighted by molar-refractivity contribution is 7.80. The molecule has 0 aromatic carbocycles. The summed E-state index contributed by atoms with van der Waals surface area (Å²) in [5.74, 6) is 0.143. The summed E-state index contributed by atoms with van der Waals surface area (Å²) in [5, 5.41) is 2.40. The third kappa shape index (κ3) is 4.02. The molecular weight excluding hydrogens is 138 g/mol. The second-order valence-electron chi connectivity index (χ2n) is 1.63. The molecule has 0 heterocycles. The molecule has 4 heteroatoms. The first kappa shape index (κ1) is 8.49. The molecule has 0 bridgehead atoms. The number of rotatable bonds is 3. The highest BCUT2D eigenvalue weighted by atomic mass is 32.1. The number of hydrogen-bond donors (Lipinski definition) is 2. The van der Waals surface area contributed by atoms with E-state index in [-0.39, 0.29) is 5.91 Å². The van der Waals surface area contributed by atoms with Crippen LogP contribution in [0.4, 0.5) is 0 Å². The average Bonchev–Trinajstić information content (AvgIpc) is 1.82. The summed E-state index contributed by atoms with van der Waals surface area (Å²) in [5.41, 5.74) is 0. The van der Waals surface area contributed by atoms with Crippen LogP contribution in [0.2, 0.25) is 0 Å². The van der Waals surface area contributed by atoms with Gasteiger partial charge in [0.2, 0.25) is 5.91 Å². The lowest BCUT2D eigenvalue weighted by Crippen LogP contribution is -2.35. The molecule has 0 radical (unpaired) electrons. The van der Waals surface area contributed by atoms with E-state index in [1.54, 1.807) is 0 Å². The molecule has 1 N–H and O–H groups in total. The summed E-state index contributed by atoms with van der Waals surface area (Å²) in [7, 11) is 0. The second kappa shape index (κ2) is 4.38. The summed E-state index contributed by atoms with van der Waals surface area (Å²) in [4.78, 5) is 20.3. The number of aldehydes is 1. The minimum Gasteiger partial charge on any atom is -0.346 e. The molecular formula is C5H9NO2S. The van der Waals surface area contributed by atoms with E-state index in [4.69, 9.17) is 0 Å². The van der Waals surface area contributed by atoms with Crippen molar-refractivity contribution in [3.05, 3.63) is 0 Å². The van der Waals surface area contributed by atoms with Gasteiger partial charge in [0, 0.05) is 12.7 Å². The van der Waals surface area contributed by atoms with Gasteiger partial charge in [-0.15, -0.1) is 0 Å². The molecule has 0 spiro atoms. The zero-order valence-electron chi connectivity index (χ0n) is 5.13. The third-order valence-electron chi connectivity index (χ3n) is 0.750. The Morgan fingerprint density at radius 3 is 2.56 bits per heavy atom. The van der Waals surface area contributed by atoms with E-state index in [2.05, 4.69) is 17.9 Å². The molecule has 0 aromatic rings. The molecule has 0 saturated carbocycles. The predicted molar refractivity (Wildman–Crippen MR) is 37.5 cm³/mol. The third-order valence-corrected chi connectivity index (χ3v) is 1.14. The van der Waals surface area contributed by atoms with E-state index in [1.807, 2.05) is 0 Å². The largest absolute Gasteiger partial charge is 0.346 e. The monoisotopic (exact) mass is 147 g/mol. The van der Waals surface area contributed by atoms with Gasteiger partial charge in [-0.25, -0.2) is 0 Å². The fraction of sp³-hybridized carbons (Fsp3) is 0.600. The lowest BCUT2D eigenvalue weighted by atomic mass is 10.4. The molecule has 0 aliphatic rings. The van der Waals surface area contributed by atoms with Gasteiger partial charge >= 0.3 is 0 Å². The molecule has 1 atom stereocenters. The number of hydrogen-bond acceptors (Lipinski definition) is 3. The van der Waals surface area contributed by atoms with Gasteiger partial charge in [0.25, 0.3) is 0 Å². The highest BCUT2D eigenvalue weighted by Gasteiger charge is 2.03. The standard InChI is InChI=1S/C5H9NO2S/c1-4(8)6-5(2-7)3-9/h2,5,9H,3H2,1H3,(H,6,8)/t5-/m0/s1. The number of thiol groups is 1. The first-order valence-corrected chi connectivity index (χ1v) is 3.17. The molecule has 0 fully saturated rings. The summed E-state index contributed by atoms with van der Waals surface area (Å²) >= 11 is 3.82. The summed E-state index contributed by atoms with van der Waals surface area (Å²) in [6, 6.07) is -0.439. The fourth-order valence-corrected chi connectivity index (χ4v) is 0.561. The van der Waals surface area contributed by atoms with Gasteiger partial charge in [-0.05, 0) is 0 Å². The number of amides is 1. The first-order valence-electron chi connectivity index (χ1n) is 2.54. The van der Waals surface area contributed by atoms with Gasteiger partial charge in [-0.3, -0.25) is 4.79 Å². The smallest absolute Gasteiger partial charge is 0.217 e. The van der Waals surface area contributed by atoms with E-state index in [0.717, 1.165) is 0 Å². The maximum atomic E-state index is 10.3. The van der Waals surface area contributed by atoms with Crippen molar-refractivity contribution in [1.82, 2.24) is 5.32 Å².